The Labute approximate surface area is 86.5 Å². The van der Waals surface area contributed by atoms with Crippen LogP contribution in [0.3, 0.4) is 0 Å². The normalized spacial score (nSPS) is 12.3. The third kappa shape index (κ3) is 1.85. The lowest BCUT2D eigenvalue weighted by Gasteiger charge is -2.13. The topological polar surface area (TPSA) is 73.8 Å². The Kier molecular flexibility index (Phi) is 2.45. The summed E-state index contributed by atoms with van der Waals surface area (Å²) >= 11 is 0. The highest BCUT2D eigenvalue weighted by molar-refractivity contribution is 5.81. The van der Waals surface area contributed by atoms with Gasteiger partial charge in [-0.2, -0.15) is 5.10 Å². The van der Waals surface area contributed by atoms with Crippen LogP contribution in [-0.4, -0.2) is 20.7 Å². The number of hydrogen-bond acceptors (Lipinski definition) is 3. The summed E-state index contributed by atoms with van der Waals surface area (Å²) < 4.78 is 1.44. The molecule has 0 saturated heterocycles. The van der Waals surface area contributed by atoms with Crippen LogP contribution in [-0.2, 0) is 4.79 Å². The van der Waals surface area contributed by atoms with Gasteiger partial charge in [0.15, 0.2) is 6.04 Å². The summed E-state index contributed by atoms with van der Waals surface area (Å²) in [4.78, 5) is 15.1. The van der Waals surface area contributed by atoms with Crippen LogP contribution in [0.2, 0.25) is 0 Å². The fraction of sp³-hybridized carbons (Fsp3) is 0.100. The molecule has 0 saturated carbocycles. The smallest absolute Gasteiger partial charge is 0.246 e. The van der Waals surface area contributed by atoms with E-state index in [0.717, 1.165) is 5.56 Å². The Bertz CT molecular complexity index is 438. The molecule has 0 bridgehead atoms. The third-order valence-electron chi connectivity index (χ3n) is 2.09. The number of amides is 1. The molecule has 5 nitrogen and oxygen atoms in total. The maximum atomic E-state index is 11.3. The Morgan fingerprint density at radius 1 is 1.33 bits per heavy atom. The minimum atomic E-state index is -0.589. The number of aromatic nitrogens is 3. The van der Waals surface area contributed by atoms with E-state index in [1.54, 1.807) is 0 Å². The van der Waals surface area contributed by atoms with Crippen molar-refractivity contribution in [1.29, 1.82) is 0 Å². The first-order chi connectivity index (χ1) is 7.29. The lowest BCUT2D eigenvalue weighted by atomic mass is 10.1. The third-order valence-corrected chi connectivity index (χ3v) is 2.09. The molecule has 1 amide bonds. The number of carbonyl (C=O) groups is 1. The molecule has 0 radical (unpaired) electrons. The number of rotatable bonds is 3. The molecule has 0 aliphatic carbocycles. The van der Waals surface area contributed by atoms with Crippen molar-refractivity contribution in [2.24, 2.45) is 5.73 Å². The van der Waals surface area contributed by atoms with E-state index >= 15 is 0 Å². The predicted molar refractivity (Wildman–Crippen MR) is 53.8 cm³/mol. The Hall–Kier alpha value is -2.17. The van der Waals surface area contributed by atoms with Crippen LogP contribution >= 0.6 is 0 Å². The maximum Gasteiger partial charge on any atom is 0.246 e. The Morgan fingerprint density at radius 3 is 2.60 bits per heavy atom. The summed E-state index contributed by atoms with van der Waals surface area (Å²) in [5.41, 5.74) is 6.13. The van der Waals surface area contributed by atoms with E-state index in [4.69, 9.17) is 5.73 Å². The van der Waals surface area contributed by atoms with Crippen molar-refractivity contribution in [3.05, 3.63) is 48.5 Å². The van der Waals surface area contributed by atoms with Crippen molar-refractivity contribution >= 4 is 5.91 Å². The van der Waals surface area contributed by atoms with E-state index in [0.29, 0.717) is 0 Å². The second-order valence-corrected chi connectivity index (χ2v) is 3.09. The van der Waals surface area contributed by atoms with Crippen LogP contribution in [0.5, 0.6) is 0 Å². The molecule has 0 fully saturated rings. The molecule has 1 aromatic carbocycles. The van der Waals surface area contributed by atoms with Gasteiger partial charge >= 0.3 is 0 Å². The predicted octanol–water partition coefficient (Wildman–Crippen LogP) is 0.353. The van der Waals surface area contributed by atoms with Crippen LogP contribution < -0.4 is 5.73 Å². The molecule has 15 heavy (non-hydrogen) atoms. The molecule has 1 atom stereocenters. The van der Waals surface area contributed by atoms with Gasteiger partial charge in [0, 0.05) is 0 Å². The van der Waals surface area contributed by atoms with E-state index < -0.39 is 11.9 Å². The summed E-state index contributed by atoms with van der Waals surface area (Å²) in [7, 11) is 0. The van der Waals surface area contributed by atoms with Gasteiger partial charge in [0.05, 0.1) is 0 Å². The lowest BCUT2D eigenvalue weighted by Crippen LogP contribution is -2.27. The molecule has 1 unspecified atom stereocenters. The average molecular weight is 202 g/mol. The molecular weight excluding hydrogens is 192 g/mol. The zero-order valence-electron chi connectivity index (χ0n) is 7.95. The maximum absolute atomic E-state index is 11.3. The highest BCUT2D eigenvalue weighted by atomic mass is 16.1. The first-order valence-electron chi connectivity index (χ1n) is 4.47. The van der Waals surface area contributed by atoms with Gasteiger partial charge in [-0.05, 0) is 5.56 Å². The van der Waals surface area contributed by atoms with Crippen molar-refractivity contribution in [2.45, 2.75) is 6.04 Å². The molecule has 0 aliphatic heterocycles. The molecular formula is C10H10N4O. The van der Waals surface area contributed by atoms with Gasteiger partial charge in [-0.25, -0.2) is 9.67 Å². The monoisotopic (exact) mass is 202 g/mol. The van der Waals surface area contributed by atoms with E-state index in [1.165, 1.54) is 17.3 Å². The average Bonchev–Trinajstić information content (AvgIpc) is 2.72. The second-order valence-electron chi connectivity index (χ2n) is 3.09. The molecule has 76 valence electrons. The quantitative estimate of drug-likeness (QED) is 0.780. The zero-order chi connectivity index (χ0) is 10.7. The minimum absolute atomic E-state index is 0.452. The molecule has 2 rings (SSSR count). The number of benzene rings is 1. The van der Waals surface area contributed by atoms with Gasteiger partial charge in [-0.1, -0.05) is 30.3 Å². The number of nitrogens with two attached hydrogens (primary N) is 1. The zero-order valence-corrected chi connectivity index (χ0v) is 7.95. The lowest BCUT2D eigenvalue weighted by molar-refractivity contribution is -0.120. The van der Waals surface area contributed by atoms with Gasteiger partial charge in [-0.15, -0.1) is 0 Å². The molecule has 0 spiro atoms. The minimum Gasteiger partial charge on any atom is -0.368 e. The second kappa shape index (κ2) is 3.91. The van der Waals surface area contributed by atoms with Crippen LogP contribution in [0.25, 0.3) is 0 Å². The fourth-order valence-corrected chi connectivity index (χ4v) is 1.43. The molecule has 1 heterocycles. The Balaban J connectivity index is 2.42. The van der Waals surface area contributed by atoms with Crippen LogP contribution in [0.15, 0.2) is 43.0 Å². The van der Waals surface area contributed by atoms with Gasteiger partial charge in [0.2, 0.25) is 5.91 Å². The summed E-state index contributed by atoms with van der Waals surface area (Å²) in [6, 6.07) is 8.65. The molecule has 0 aliphatic rings. The van der Waals surface area contributed by atoms with Crippen molar-refractivity contribution < 1.29 is 4.79 Å². The number of nitrogens with zero attached hydrogens (tertiary/aromatic N) is 3. The van der Waals surface area contributed by atoms with Crippen molar-refractivity contribution in [2.75, 3.05) is 0 Å². The summed E-state index contributed by atoms with van der Waals surface area (Å²) in [5, 5.41) is 3.92. The van der Waals surface area contributed by atoms with Gasteiger partial charge in [0.25, 0.3) is 0 Å². The van der Waals surface area contributed by atoms with E-state index in [1.807, 2.05) is 30.3 Å². The van der Waals surface area contributed by atoms with Gasteiger partial charge in [0.1, 0.15) is 12.7 Å². The standard InChI is InChI=1S/C10H10N4O/c11-10(15)9(14-7-12-6-13-14)8-4-2-1-3-5-8/h1-7,9H,(H2,11,15). The van der Waals surface area contributed by atoms with E-state index in [2.05, 4.69) is 10.1 Å². The van der Waals surface area contributed by atoms with Gasteiger partial charge in [-0.3, -0.25) is 4.79 Å². The largest absolute Gasteiger partial charge is 0.368 e. The van der Waals surface area contributed by atoms with E-state index in [-0.39, 0.29) is 0 Å². The summed E-state index contributed by atoms with van der Waals surface area (Å²) in [6.45, 7) is 0. The number of hydrogen-bond donors (Lipinski definition) is 1. The molecule has 2 N–H and O–H groups in total. The summed E-state index contributed by atoms with van der Waals surface area (Å²) in [5.74, 6) is -0.452. The fourth-order valence-electron chi connectivity index (χ4n) is 1.43. The van der Waals surface area contributed by atoms with Gasteiger partial charge < -0.3 is 5.73 Å². The highest BCUT2D eigenvalue weighted by Gasteiger charge is 2.19. The number of carbonyl (C=O) groups excluding carboxylic acids is 1. The van der Waals surface area contributed by atoms with Crippen molar-refractivity contribution in [1.82, 2.24) is 14.8 Å². The molecule has 2 aromatic rings. The molecule has 1 aromatic heterocycles. The number of primary amides is 1. The Morgan fingerprint density at radius 2 is 2.07 bits per heavy atom. The summed E-state index contributed by atoms with van der Waals surface area (Å²) in [6.07, 6.45) is 2.85. The van der Waals surface area contributed by atoms with Crippen molar-refractivity contribution in [3.8, 4) is 0 Å². The van der Waals surface area contributed by atoms with E-state index in [9.17, 15) is 4.79 Å². The van der Waals surface area contributed by atoms with Crippen LogP contribution in [0.1, 0.15) is 11.6 Å². The van der Waals surface area contributed by atoms with Crippen molar-refractivity contribution in [3.63, 3.8) is 0 Å². The first kappa shape index (κ1) is 9.39. The van der Waals surface area contributed by atoms with Crippen LogP contribution in [0, 0.1) is 0 Å². The first-order valence-corrected chi connectivity index (χ1v) is 4.47. The SMILES string of the molecule is NC(=O)C(c1ccccc1)n1cncn1. The highest BCUT2D eigenvalue weighted by Crippen LogP contribution is 2.15. The molecule has 5 heteroatoms. The van der Waals surface area contributed by atoms with Crippen LogP contribution in [0.4, 0.5) is 0 Å².